The molecule has 0 bridgehead atoms. The number of carbonyl (C=O) groups excluding carboxylic acids is 2. The third-order valence-corrected chi connectivity index (χ3v) is 5.89. The maximum Gasteiger partial charge on any atom is 0.417 e. The predicted octanol–water partition coefficient (Wildman–Crippen LogP) is 8.46. The molecule has 0 fully saturated rings. The fraction of sp³-hybridized carbons (Fsp3) is 0.280. The van der Waals surface area contributed by atoms with Crippen LogP contribution in [0.25, 0.3) is 11.9 Å². The molecular weight excluding hydrogens is 621 g/mol. The summed E-state index contributed by atoms with van der Waals surface area (Å²) in [6.45, 7) is 4.38. The van der Waals surface area contributed by atoms with E-state index < -0.39 is 76.9 Å². The molecule has 224 valence electrons. The molecule has 2 amide bonds. The Bertz CT molecular complexity index is 1330. The minimum atomic E-state index is -5.32. The molecule has 0 spiro atoms. The van der Waals surface area contributed by atoms with Gasteiger partial charge >= 0.3 is 18.5 Å². The zero-order valence-corrected chi connectivity index (χ0v) is 22.0. The summed E-state index contributed by atoms with van der Waals surface area (Å²) in [4.78, 5) is 23.8. The molecule has 2 aromatic carbocycles. The van der Waals surface area contributed by atoms with Crippen LogP contribution in [0, 0.1) is 0 Å². The molecular formula is C25H18Cl2F10N2O2. The zero-order chi connectivity index (χ0) is 31.5. The van der Waals surface area contributed by atoms with Crippen LogP contribution in [-0.2, 0) is 11.0 Å². The molecule has 0 heterocycles. The first-order valence-corrected chi connectivity index (χ1v) is 11.8. The highest BCUT2D eigenvalue weighted by Crippen LogP contribution is 2.42. The normalized spacial score (nSPS) is 14.3. The Morgan fingerprint density at radius 1 is 0.951 bits per heavy atom. The van der Waals surface area contributed by atoms with Gasteiger partial charge in [-0.1, -0.05) is 41.9 Å². The van der Waals surface area contributed by atoms with E-state index in [0.29, 0.717) is 12.1 Å². The number of rotatable bonds is 8. The monoisotopic (exact) mass is 638 g/mol. The number of alkyl halides is 9. The average Bonchev–Trinajstić information content (AvgIpc) is 2.78. The van der Waals surface area contributed by atoms with E-state index in [-0.39, 0.29) is 27.8 Å². The molecule has 2 rings (SSSR count). The first-order chi connectivity index (χ1) is 18.6. The van der Waals surface area contributed by atoms with Gasteiger partial charge in [0, 0.05) is 21.2 Å². The lowest BCUT2D eigenvalue weighted by atomic mass is 9.94. The summed E-state index contributed by atoms with van der Waals surface area (Å²) < 4.78 is 135. The lowest BCUT2D eigenvalue weighted by Gasteiger charge is -2.20. The van der Waals surface area contributed by atoms with Gasteiger partial charge in [-0.3, -0.25) is 9.59 Å². The quantitative estimate of drug-likeness (QED) is 0.225. The van der Waals surface area contributed by atoms with Crippen LogP contribution < -0.4 is 10.6 Å². The van der Waals surface area contributed by atoms with Gasteiger partial charge in [0.2, 0.25) is 5.91 Å². The highest BCUT2D eigenvalue weighted by molar-refractivity contribution is 6.37. The summed E-state index contributed by atoms with van der Waals surface area (Å²) in [6.07, 6.45) is -17.7. The van der Waals surface area contributed by atoms with Crippen molar-refractivity contribution in [3.63, 3.8) is 0 Å². The van der Waals surface area contributed by atoms with E-state index in [0.717, 1.165) is 19.1 Å². The summed E-state index contributed by atoms with van der Waals surface area (Å²) in [7, 11) is 0. The van der Waals surface area contributed by atoms with Gasteiger partial charge in [-0.05, 0) is 42.8 Å². The SMILES string of the molecule is C=Cc1c(Cl)cc([C@@H](/C=C(\F)c2ccc(C(=O)N[C@H](C)NC(=O)CC(F)(F)F)c(C(F)(F)F)c2)C(F)(F)F)cc1Cl. The van der Waals surface area contributed by atoms with Gasteiger partial charge in [0.05, 0.1) is 17.3 Å². The summed E-state index contributed by atoms with van der Waals surface area (Å²) in [5.74, 6) is -7.54. The number of hydrogen-bond acceptors (Lipinski definition) is 2. The van der Waals surface area contributed by atoms with Gasteiger partial charge in [-0.15, -0.1) is 0 Å². The maximum absolute atomic E-state index is 15.0. The summed E-state index contributed by atoms with van der Waals surface area (Å²) in [6, 6.07) is 2.82. The first-order valence-electron chi connectivity index (χ1n) is 11.1. The molecule has 0 radical (unpaired) electrons. The molecule has 0 aromatic heterocycles. The number of carbonyl (C=O) groups is 2. The summed E-state index contributed by atoms with van der Waals surface area (Å²) >= 11 is 11.8. The van der Waals surface area contributed by atoms with Crippen molar-refractivity contribution in [1.29, 1.82) is 0 Å². The fourth-order valence-electron chi connectivity index (χ4n) is 3.51. The molecule has 0 aliphatic rings. The van der Waals surface area contributed by atoms with E-state index in [1.165, 1.54) is 6.08 Å². The Morgan fingerprint density at radius 2 is 1.51 bits per heavy atom. The van der Waals surface area contributed by atoms with Crippen LogP contribution in [-0.4, -0.2) is 30.3 Å². The largest absolute Gasteiger partial charge is 0.417 e. The van der Waals surface area contributed by atoms with Crippen molar-refractivity contribution in [2.45, 2.75) is 44.0 Å². The topological polar surface area (TPSA) is 58.2 Å². The van der Waals surface area contributed by atoms with Crippen LogP contribution in [0.3, 0.4) is 0 Å². The molecule has 0 unspecified atom stereocenters. The molecule has 0 aliphatic carbocycles. The van der Waals surface area contributed by atoms with Crippen molar-refractivity contribution in [1.82, 2.24) is 10.6 Å². The Balaban J connectivity index is 2.46. The Hall–Kier alpha value is -3.26. The van der Waals surface area contributed by atoms with E-state index in [9.17, 15) is 49.1 Å². The second-order valence-electron chi connectivity index (χ2n) is 8.45. The minimum absolute atomic E-state index is 0.00304. The Morgan fingerprint density at radius 3 is 1.98 bits per heavy atom. The van der Waals surface area contributed by atoms with Crippen molar-refractivity contribution < 1.29 is 53.5 Å². The Labute approximate surface area is 236 Å². The van der Waals surface area contributed by atoms with Crippen molar-refractivity contribution in [3.05, 3.63) is 80.8 Å². The smallest absolute Gasteiger partial charge is 0.336 e. The van der Waals surface area contributed by atoms with Gasteiger partial charge in [-0.2, -0.15) is 39.5 Å². The van der Waals surface area contributed by atoms with Crippen LogP contribution in [0.5, 0.6) is 0 Å². The van der Waals surface area contributed by atoms with Gasteiger partial charge in [0.1, 0.15) is 18.2 Å². The molecule has 4 nitrogen and oxygen atoms in total. The van der Waals surface area contributed by atoms with Crippen molar-refractivity contribution >= 4 is 46.9 Å². The van der Waals surface area contributed by atoms with Crippen molar-refractivity contribution in [2.75, 3.05) is 0 Å². The summed E-state index contributed by atoms with van der Waals surface area (Å²) in [5, 5.41) is 3.07. The van der Waals surface area contributed by atoms with E-state index in [4.69, 9.17) is 23.2 Å². The number of hydrogen-bond donors (Lipinski definition) is 2. The number of benzene rings is 2. The average molecular weight is 639 g/mol. The first kappa shape index (κ1) is 33.9. The standard InChI is InChI=1S/C25H18Cl2F10N2O2/c1-3-14-18(26)7-13(8-19(14)27)16(24(32,33)34)9-20(28)12-4-5-15(17(6-12)25(35,36)37)22(41)39-11(2)38-21(40)10-23(29,30)31/h3-9,11,16H,1,10H2,2H3,(H,38,40)(H,39,41)/b20-9-/t11-,16-/m1/s1. The van der Waals surface area contributed by atoms with Gasteiger partial charge in [0.15, 0.2) is 0 Å². The van der Waals surface area contributed by atoms with E-state index >= 15 is 4.39 Å². The van der Waals surface area contributed by atoms with E-state index in [1.54, 1.807) is 5.32 Å². The minimum Gasteiger partial charge on any atom is -0.336 e. The third kappa shape index (κ3) is 9.38. The molecule has 2 aromatic rings. The molecule has 16 heteroatoms. The van der Waals surface area contributed by atoms with Crippen molar-refractivity contribution in [3.8, 4) is 0 Å². The van der Waals surface area contributed by atoms with Crippen LogP contribution >= 0.6 is 23.2 Å². The molecule has 2 N–H and O–H groups in total. The van der Waals surface area contributed by atoms with Gasteiger partial charge in [-0.25, -0.2) is 4.39 Å². The van der Waals surface area contributed by atoms with Crippen molar-refractivity contribution in [2.24, 2.45) is 0 Å². The second kappa shape index (κ2) is 12.7. The highest BCUT2D eigenvalue weighted by Gasteiger charge is 2.41. The van der Waals surface area contributed by atoms with E-state index in [1.807, 2.05) is 5.32 Å². The van der Waals surface area contributed by atoms with Gasteiger partial charge in [0.25, 0.3) is 5.91 Å². The second-order valence-corrected chi connectivity index (χ2v) is 9.26. The number of allylic oxidation sites excluding steroid dienone is 1. The van der Waals surface area contributed by atoms with E-state index in [2.05, 4.69) is 6.58 Å². The zero-order valence-electron chi connectivity index (χ0n) is 20.5. The Kier molecular flexibility index (Phi) is 10.5. The van der Waals surface area contributed by atoms with Gasteiger partial charge < -0.3 is 10.6 Å². The lowest BCUT2D eigenvalue weighted by Crippen LogP contribution is -2.47. The molecule has 2 atom stereocenters. The molecule has 0 aliphatic heterocycles. The lowest BCUT2D eigenvalue weighted by molar-refractivity contribution is -0.154. The third-order valence-electron chi connectivity index (χ3n) is 5.26. The van der Waals surface area contributed by atoms with Crippen LogP contribution in [0.1, 0.15) is 51.9 Å². The number of halogens is 12. The number of amides is 2. The molecule has 0 saturated carbocycles. The van der Waals surface area contributed by atoms with Crippen LogP contribution in [0.4, 0.5) is 43.9 Å². The van der Waals surface area contributed by atoms with Crippen LogP contribution in [0.15, 0.2) is 43.0 Å². The summed E-state index contributed by atoms with van der Waals surface area (Å²) in [5.41, 5.74) is -4.41. The highest BCUT2D eigenvalue weighted by atomic mass is 35.5. The molecule has 41 heavy (non-hydrogen) atoms. The number of nitrogens with one attached hydrogen (secondary N) is 2. The fourth-order valence-corrected chi connectivity index (χ4v) is 4.17. The maximum atomic E-state index is 15.0. The van der Waals surface area contributed by atoms with Crippen LogP contribution in [0.2, 0.25) is 10.0 Å². The predicted molar refractivity (Wildman–Crippen MR) is 132 cm³/mol. The molecule has 0 saturated heterocycles.